The minimum atomic E-state index is -1.01. The zero-order valence-corrected chi connectivity index (χ0v) is 12.4. The first-order chi connectivity index (χ1) is 11.0. The second-order valence-corrected chi connectivity index (χ2v) is 4.72. The van der Waals surface area contributed by atoms with Gasteiger partial charge in [-0.1, -0.05) is 24.3 Å². The van der Waals surface area contributed by atoms with Crippen molar-refractivity contribution in [2.75, 3.05) is 7.11 Å². The van der Waals surface area contributed by atoms with E-state index >= 15 is 0 Å². The summed E-state index contributed by atoms with van der Waals surface area (Å²) >= 11 is 0. The number of carbonyl (C=O) groups excluding carboxylic acids is 2. The summed E-state index contributed by atoms with van der Waals surface area (Å²) < 4.78 is 4.65. The van der Waals surface area contributed by atoms with E-state index in [1.165, 1.54) is 31.4 Å². The van der Waals surface area contributed by atoms with E-state index in [4.69, 9.17) is 5.11 Å². The van der Waals surface area contributed by atoms with Gasteiger partial charge in [-0.3, -0.25) is 4.79 Å². The van der Waals surface area contributed by atoms with Crippen LogP contribution in [0.1, 0.15) is 36.6 Å². The Hall–Kier alpha value is -3.15. The largest absolute Gasteiger partial charge is 0.478 e. The number of carbonyl (C=O) groups is 3. The molecule has 0 saturated heterocycles. The number of carboxylic acid groups (broad SMARTS) is 1. The van der Waals surface area contributed by atoms with Gasteiger partial charge in [-0.05, 0) is 29.8 Å². The van der Waals surface area contributed by atoms with Crippen LogP contribution in [0.25, 0.3) is 0 Å². The quantitative estimate of drug-likeness (QED) is 0.825. The lowest BCUT2D eigenvalue weighted by atomic mass is 10.1. The van der Waals surface area contributed by atoms with E-state index in [1.54, 1.807) is 24.3 Å². The normalized spacial score (nSPS) is 9.96. The Morgan fingerprint density at radius 1 is 1.00 bits per heavy atom. The summed E-state index contributed by atoms with van der Waals surface area (Å²) in [5, 5.41) is 11.5. The van der Waals surface area contributed by atoms with Crippen molar-refractivity contribution in [3.05, 3.63) is 70.8 Å². The van der Waals surface area contributed by atoms with Gasteiger partial charge in [0.1, 0.15) is 0 Å². The van der Waals surface area contributed by atoms with Crippen LogP contribution in [0.15, 0.2) is 48.5 Å². The average molecular weight is 313 g/mol. The topological polar surface area (TPSA) is 92.7 Å². The van der Waals surface area contributed by atoms with Crippen LogP contribution in [0.3, 0.4) is 0 Å². The molecule has 0 aliphatic carbocycles. The van der Waals surface area contributed by atoms with Crippen LogP contribution in [-0.4, -0.2) is 30.1 Å². The molecule has 0 atom stereocenters. The van der Waals surface area contributed by atoms with Crippen LogP contribution in [0.4, 0.5) is 0 Å². The summed E-state index contributed by atoms with van der Waals surface area (Å²) in [6.45, 7) is 0.217. The van der Waals surface area contributed by atoms with Gasteiger partial charge in [0, 0.05) is 6.54 Å². The van der Waals surface area contributed by atoms with E-state index in [0.29, 0.717) is 0 Å². The molecule has 0 spiro atoms. The third-order valence-corrected chi connectivity index (χ3v) is 3.23. The molecule has 0 aliphatic heterocycles. The van der Waals surface area contributed by atoms with Crippen molar-refractivity contribution < 1.29 is 24.2 Å². The standard InChI is InChI=1S/C17H15NO5/c1-23-17(22)14-5-3-2-4-13(14)15(19)18-10-11-6-8-12(9-7-11)16(20)21/h2-9H,10H2,1H3,(H,18,19)(H,20,21). The summed E-state index contributed by atoms with van der Waals surface area (Å²) in [6, 6.07) is 12.5. The minimum absolute atomic E-state index is 0.177. The molecular weight excluding hydrogens is 298 g/mol. The average Bonchev–Trinajstić information content (AvgIpc) is 2.59. The van der Waals surface area contributed by atoms with Crippen molar-refractivity contribution in [3.8, 4) is 0 Å². The van der Waals surface area contributed by atoms with Gasteiger partial charge in [-0.15, -0.1) is 0 Å². The van der Waals surface area contributed by atoms with E-state index < -0.39 is 17.8 Å². The molecule has 23 heavy (non-hydrogen) atoms. The zero-order chi connectivity index (χ0) is 16.8. The lowest BCUT2D eigenvalue weighted by Gasteiger charge is -2.09. The highest BCUT2D eigenvalue weighted by Gasteiger charge is 2.16. The molecule has 0 fully saturated rings. The molecule has 0 radical (unpaired) electrons. The SMILES string of the molecule is COC(=O)c1ccccc1C(=O)NCc1ccc(C(=O)O)cc1. The summed E-state index contributed by atoms with van der Waals surface area (Å²) in [5.41, 5.74) is 1.34. The number of amides is 1. The Morgan fingerprint density at radius 3 is 2.17 bits per heavy atom. The van der Waals surface area contributed by atoms with Crippen molar-refractivity contribution in [3.63, 3.8) is 0 Å². The molecule has 0 unspecified atom stereocenters. The minimum Gasteiger partial charge on any atom is -0.478 e. The molecule has 6 heteroatoms. The van der Waals surface area contributed by atoms with Crippen molar-refractivity contribution in [1.29, 1.82) is 0 Å². The molecule has 0 aliphatic rings. The first-order valence-corrected chi connectivity index (χ1v) is 6.80. The van der Waals surface area contributed by atoms with Crippen LogP contribution >= 0.6 is 0 Å². The van der Waals surface area contributed by atoms with Crippen molar-refractivity contribution in [2.24, 2.45) is 0 Å². The number of methoxy groups -OCH3 is 1. The van der Waals surface area contributed by atoms with E-state index in [0.717, 1.165) is 5.56 Å². The summed E-state index contributed by atoms with van der Waals surface area (Å²) in [7, 11) is 1.25. The molecule has 0 saturated carbocycles. The van der Waals surface area contributed by atoms with Crippen LogP contribution in [0.5, 0.6) is 0 Å². The monoisotopic (exact) mass is 313 g/mol. The van der Waals surface area contributed by atoms with E-state index in [1.807, 2.05) is 0 Å². The van der Waals surface area contributed by atoms with Gasteiger partial charge >= 0.3 is 11.9 Å². The van der Waals surface area contributed by atoms with Crippen LogP contribution < -0.4 is 5.32 Å². The number of hydrogen-bond acceptors (Lipinski definition) is 4. The predicted octanol–water partition coefficient (Wildman–Crippen LogP) is 2.10. The first-order valence-electron chi connectivity index (χ1n) is 6.80. The molecule has 0 bridgehead atoms. The van der Waals surface area contributed by atoms with E-state index in [2.05, 4.69) is 10.1 Å². The molecular formula is C17H15NO5. The Kier molecular flexibility index (Phi) is 5.09. The van der Waals surface area contributed by atoms with Crippen molar-refractivity contribution in [1.82, 2.24) is 5.32 Å². The van der Waals surface area contributed by atoms with Gasteiger partial charge in [-0.25, -0.2) is 9.59 Å². The predicted molar refractivity (Wildman–Crippen MR) is 82.4 cm³/mol. The highest BCUT2D eigenvalue weighted by molar-refractivity contribution is 6.05. The molecule has 0 heterocycles. The molecule has 2 aromatic rings. The third kappa shape index (κ3) is 3.94. The molecule has 1 amide bonds. The first kappa shape index (κ1) is 16.2. The smallest absolute Gasteiger partial charge is 0.338 e. The summed E-state index contributed by atoms with van der Waals surface area (Å²) in [5.74, 6) is -2.00. The Morgan fingerprint density at radius 2 is 1.61 bits per heavy atom. The fourth-order valence-corrected chi connectivity index (χ4v) is 2.01. The molecule has 118 valence electrons. The summed E-state index contributed by atoms with van der Waals surface area (Å²) in [4.78, 5) is 34.7. The maximum Gasteiger partial charge on any atom is 0.338 e. The summed E-state index contributed by atoms with van der Waals surface area (Å²) in [6.07, 6.45) is 0. The highest BCUT2D eigenvalue weighted by Crippen LogP contribution is 2.11. The van der Waals surface area contributed by atoms with Gasteiger partial charge in [-0.2, -0.15) is 0 Å². The molecule has 2 rings (SSSR count). The van der Waals surface area contributed by atoms with Gasteiger partial charge < -0.3 is 15.2 Å². The van der Waals surface area contributed by atoms with Crippen LogP contribution in [-0.2, 0) is 11.3 Å². The second-order valence-electron chi connectivity index (χ2n) is 4.72. The van der Waals surface area contributed by atoms with Gasteiger partial charge in [0.2, 0.25) is 0 Å². The van der Waals surface area contributed by atoms with E-state index in [-0.39, 0.29) is 23.2 Å². The number of nitrogens with one attached hydrogen (secondary N) is 1. The van der Waals surface area contributed by atoms with Crippen molar-refractivity contribution >= 4 is 17.8 Å². The number of hydrogen-bond donors (Lipinski definition) is 2. The second kappa shape index (κ2) is 7.22. The number of rotatable bonds is 5. The van der Waals surface area contributed by atoms with Gasteiger partial charge in [0.15, 0.2) is 0 Å². The van der Waals surface area contributed by atoms with Crippen LogP contribution in [0.2, 0.25) is 0 Å². The Bertz CT molecular complexity index is 737. The lowest BCUT2D eigenvalue weighted by Crippen LogP contribution is -2.25. The number of esters is 1. The number of ether oxygens (including phenoxy) is 1. The number of aromatic carboxylic acids is 1. The van der Waals surface area contributed by atoms with E-state index in [9.17, 15) is 14.4 Å². The Balaban J connectivity index is 2.08. The lowest BCUT2D eigenvalue weighted by molar-refractivity contribution is 0.0595. The number of benzene rings is 2. The molecule has 6 nitrogen and oxygen atoms in total. The molecule has 2 aromatic carbocycles. The number of carboxylic acids is 1. The molecule has 2 N–H and O–H groups in total. The van der Waals surface area contributed by atoms with Gasteiger partial charge in [0.05, 0.1) is 23.8 Å². The maximum absolute atomic E-state index is 12.2. The van der Waals surface area contributed by atoms with Gasteiger partial charge in [0.25, 0.3) is 5.91 Å². The van der Waals surface area contributed by atoms with Crippen LogP contribution in [0, 0.1) is 0 Å². The highest BCUT2D eigenvalue weighted by atomic mass is 16.5. The fourth-order valence-electron chi connectivity index (χ4n) is 2.01. The Labute approximate surface area is 132 Å². The third-order valence-electron chi connectivity index (χ3n) is 3.23. The fraction of sp³-hybridized carbons (Fsp3) is 0.118. The maximum atomic E-state index is 12.2. The molecule has 0 aromatic heterocycles. The zero-order valence-electron chi connectivity index (χ0n) is 12.4. The van der Waals surface area contributed by atoms with Crippen molar-refractivity contribution in [2.45, 2.75) is 6.54 Å².